The molecule has 6 heteroatoms. The molecule has 3 rings (SSSR count). The Kier molecular flexibility index (Phi) is 3.51. The van der Waals surface area contributed by atoms with Crippen molar-refractivity contribution in [1.29, 1.82) is 0 Å². The Morgan fingerprint density at radius 2 is 2.19 bits per heavy atom. The first-order valence-electron chi connectivity index (χ1n) is 6.71. The normalized spacial score (nSPS) is 18.0. The highest BCUT2D eigenvalue weighted by Gasteiger charge is 2.32. The van der Waals surface area contributed by atoms with Crippen LogP contribution in [0.3, 0.4) is 0 Å². The van der Waals surface area contributed by atoms with E-state index in [0.29, 0.717) is 23.8 Å². The quantitative estimate of drug-likeness (QED) is 0.814. The van der Waals surface area contributed by atoms with Gasteiger partial charge in [-0.2, -0.15) is 4.98 Å². The van der Waals surface area contributed by atoms with Crippen LogP contribution in [0.2, 0.25) is 0 Å². The third kappa shape index (κ3) is 2.56. The molecule has 0 bridgehead atoms. The topological polar surface area (TPSA) is 59.2 Å². The number of carbonyl (C=O) groups excluding carboxylic acids is 1. The van der Waals surface area contributed by atoms with E-state index in [0.717, 1.165) is 12.8 Å². The summed E-state index contributed by atoms with van der Waals surface area (Å²) in [5.41, 5.74) is 0.672. The second-order valence-corrected chi connectivity index (χ2v) is 4.86. The second kappa shape index (κ2) is 5.47. The maximum absolute atomic E-state index is 12.9. The molecule has 5 nitrogen and oxygen atoms in total. The smallest absolute Gasteiger partial charge is 0.249 e. The zero-order valence-electron chi connectivity index (χ0n) is 11.3. The van der Waals surface area contributed by atoms with E-state index in [4.69, 9.17) is 4.52 Å². The van der Waals surface area contributed by atoms with Crippen LogP contribution < -0.4 is 0 Å². The molecule has 21 heavy (non-hydrogen) atoms. The summed E-state index contributed by atoms with van der Waals surface area (Å²) < 4.78 is 18.2. The zero-order valence-corrected chi connectivity index (χ0v) is 11.3. The van der Waals surface area contributed by atoms with Crippen LogP contribution in [0.15, 0.2) is 41.4 Å². The van der Waals surface area contributed by atoms with Crippen LogP contribution >= 0.6 is 0 Å². The molecule has 1 fully saturated rings. The van der Waals surface area contributed by atoms with Gasteiger partial charge in [-0.3, -0.25) is 4.79 Å². The van der Waals surface area contributed by atoms with E-state index in [2.05, 4.69) is 16.7 Å². The van der Waals surface area contributed by atoms with Crippen LogP contribution in [0, 0.1) is 5.82 Å². The highest BCUT2D eigenvalue weighted by molar-refractivity contribution is 5.87. The number of likely N-dealkylation sites (tertiary alicyclic amines) is 1. The zero-order chi connectivity index (χ0) is 14.8. The van der Waals surface area contributed by atoms with Gasteiger partial charge >= 0.3 is 0 Å². The van der Waals surface area contributed by atoms with Gasteiger partial charge in [-0.05, 0) is 43.2 Å². The lowest BCUT2D eigenvalue weighted by atomic mass is 10.2. The fraction of sp³-hybridized carbons (Fsp3) is 0.267. The monoisotopic (exact) mass is 287 g/mol. The number of halogens is 1. The van der Waals surface area contributed by atoms with Crippen molar-refractivity contribution in [2.75, 3.05) is 6.54 Å². The number of carbonyl (C=O) groups is 1. The van der Waals surface area contributed by atoms with Gasteiger partial charge in [0.1, 0.15) is 11.9 Å². The van der Waals surface area contributed by atoms with Gasteiger partial charge in [-0.15, -0.1) is 0 Å². The Hall–Kier alpha value is -2.50. The second-order valence-electron chi connectivity index (χ2n) is 4.86. The molecule has 1 atom stereocenters. The van der Waals surface area contributed by atoms with Crippen molar-refractivity contribution in [3.8, 4) is 11.4 Å². The molecular formula is C15H14FN3O2. The highest BCUT2D eigenvalue weighted by atomic mass is 19.1. The number of nitrogens with zero attached hydrogens (tertiary/aromatic N) is 3. The molecule has 0 saturated carbocycles. The minimum atomic E-state index is -0.319. The van der Waals surface area contributed by atoms with E-state index in [1.165, 1.54) is 18.2 Å². The molecule has 1 aromatic heterocycles. The molecule has 0 aliphatic carbocycles. The molecule has 2 aromatic rings. The van der Waals surface area contributed by atoms with Gasteiger partial charge in [0.05, 0.1) is 0 Å². The molecule has 0 spiro atoms. The van der Waals surface area contributed by atoms with Crippen LogP contribution in [0.1, 0.15) is 24.8 Å². The summed E-state index contributed by atoms with van der Waals surface area (Å²) in [5.74, 6) is 0.338. The van der Waals surface area contributed by atoms with Gasteiger partial charge in [0.15, 0.2) is 0 Å². The largest absolute Gasteiger partial charge is 0.337 e. The van der Waals surface area contributed by atoms with Crippen LogP contribution in [-0.2, 0) is 4.79 Å². The third-order valence-electron chi connectivity index (χ3n) is 3.54. The van der Waals surface area contributed by atoms with E-state index in [9.17, 15) is 9.18 Å². The van der Waals surface area contributed by atoms with E-state index in [-0.39, 0.29) is 17.8 Å². The average molecular weight is 287 g/mol. The summed E-state index contributed by atoms with van der Waals surface area (Å²) >= 11 is 0. The van der Waals surface area contributed by atoms with Crippen molar-refractivity contribution >= 4 is 5.91 Å². The van der Waals surface area contributed by atoms with Crippen molar-refractivity contribution in [2.45, 2.75) is 18.9 Å². The van der Waals surface area contributed by atoms with Crippen molar-refractivity contribution < 1.29 is 13.7 Å². The number of benzene rings is 1. The summed E-state index contributed by atoms with van der Waals surface area (Å²) in [4.78, 5) is 17.8. The minimum Gasteiger partial charge on any atom is -0.337 e. The predicted molar refractivity (Wildman–Crippen MR) is 73.6 cm³/mol. The first-order valence-corrected chi connectivity index (χ1v) is 6.71. The molecule has 0 N–H and O–H groups in total. The van der Waals surface area contributed by atoms with Gasteiger partial charge < -0.3 is 9.42 Å². The Morgan fingerprint density at radius 1 is 1.43 bits per heavy atom. The average Bonchev–Trinajstić information content (AvgIpc) is 3.15. The standard InChI is InChI=1S/C15H14FN3O2/c1-2-13(20)19-9-3-4-12(19)15-17-14(18-21-15)10-5-7-11(16)8-6-10/h2,5-8,12H,1,3-4,9H2/t12-/m0/s1. The van der Waals surface area contributed by atoms with Gasteiger partial charge in [0.25, 0.3) is 0 Å². The first-order chi connectivity index (χ1) is 10.2. The van der Waals surface area contributed by atoms with E-state index >= 15 is 0 Å². The minimum absolute atomic E-state index is 0.140. The van der Waals surface area contributed by atoms with Crippen molar-refractivity contribution in [3.05, 3.63) is 48.6 Å². The third-order valence-corrected chi connectivity index (χ3v) is 3.54. The van der Waals surface area contributed by atoms with Crippen LogP contribution in [0.5, 0.6) is 0 Å². The van der Waals surface area contributed by atoms with E-state index in [1.54, 1.807) is 17.0 Å². The van der Waals surface area contributed by atoms with Crippen LogP contribution in [0.25, 0.3) is 11.4 Å². The maximum Gasteiger partial charge on any atom is 0.249 e. The molecule has 0 radical (unpaired) electrons. The lowest BCUT2D eigenvalue weighted by molar-refractivity contribution is -0.127. The number of aromatic nitrogens is 2. The summed E-state index contributed by atoms with van der Waals surface area (Å²) in [6.45, 7) is 4.16. The predicted octanol–water partition coefficient (Wildman–Crippen LogP) is 2.73. The van der Waals surface area contributed by atoms with Crippen LogP contribution in [-0.4, -0.2) is 27.5 Å². The molecule has 1 aliphatic heterocycles. The fourth-order valence-corrected chi connectivity index (χ4v) is 2.49. The lowest BCUT2D eigenvalue weighted by Crippen LogP contribution is -2.28. The Bertz CT molecular complexity index is 666. The molecule has 108 valence electrons. The van der Waals surface area contributed by atoms with Gasteiger partial charge in [-0.25, -0.2) is 4.39 Å². The molecule has 1 saturated heterocycles. The molecule has 1 aliphatic rings. The Morgan fingerprint density at radius 3 is 2.90 bits per heavy atom. The van der Waals surface area contributed by atoms with Gasteiger partial charge in [0.2, 0.25) is 17.6 Å². The highest BCUT2D eigenvalue weighted by Crippen LogP contribution is 2.32. The summed E-state index contributed by atoms with van der Waals surface area (Å²) in [5, 5.41) is 3.91. The van der Waals surface area contributed by atoms with Gasteiger partial charge in [0, 0.05) is 12.1 Å². The van der Waals surface area contributed by atoms with Gasteiger partial charge in [-0.1, -0.05) is 11.7 Å². The summed E-state index contributed by atoms with van der Waals surface area (Å²) in [6.07, 6.45) is 2.96. The van der Waals surface area contributed by atoms with Crippen molar-refractivity contribution in [3.63, 3.8) is 0 Å². The van der Waals surface area contributed by atoms with Crippen LogP contribution in [0.4, 0.5) is 4.39 Å². The molecule has 1 aromatic carbocycles. The fourth-order valence-electron chi connectivity index (χ4n) is 2.49. The SMILES string of the molecule is C=CC(=O)N1CCC[C@H]1c1nc(-c2ccc(F)cc2)no1. The molecule has 2 heterocycles. The Balaban J connectivity index is 1.86. The summed E-state index contributed by atoms with van der Waals surface area (Å²) in [7, 11) is 0. The number of hydrogen-bond donors (Lipinski definition) is 0. The maximum atomic E-state index is 12.9. The Labute approximate surface area is 121 Å². The van der Waals surface area contributed by atoms with E-state index < -0.39 is 0 Å². The van der Waals surface area contributed by atoms with E-state index in [1.807, 2.05) is 0 Å². The first kappa shape index (κ1) is 13.5. The number of rotatable bonds is 3. The number of hydrogen-bond acceptors (Lipinski definition) is 4. The van der Waals surface area contributed by atoms with Crippen molar-refractivity contribution in [1.82, 2.24) is 15.0 Å². The molecule has 1 amide bonds. The molecular weight excluding hydrogens is 273 g/mol. The summed E-state index contributed by atoms with van der Waals surface area (Å²) in [6, 6.07) is 5.65. The van der Waals surface area contributed by atoms with Crippen molar-refractivity contribution in [2.24, 2.45) is 0 Å². The lowest BCUT2D eigenvalue weighted by Gasteiger charge is -2.19. The number of amides is 1. The molecule has 0 unspecified atom stereocenters.